The van der Waals surface area contributed by atoms with Crippen LogP contribution in [0.2, 0.25) is 0 Å². The van der Waals surface area contributed by atoms with Gasteiger partial charge in [0.05, 0.1) is 6.20 Å². The van der Waals surface area contributed by atoms with E-state index in [4.69, 9.17) is 4.74 Å². The lowest BCUT2D eigenvalue weighted by Crippen LogP contribution is -2.40. The van der Waals surface area contributed by atoms with E-state index in [-0.39, 0.29) is 12.5 Å². The summed E-state index contributed by atoms with van der Waals surface area (Å²) in [4.78, 5) is 14.4. The standard InChI is InChI=1S/C20H25N3O2/c24-20(23-9-7-16(8-10-23)18-12-21-22-13-18)14-25-19-6-5-15-3-1-2-4-17(15)11-19/h5-6,11-13,16H,1-4,7-10,14H2,(H,21,22). The second-order valence-corrected chi connectivity index (χ2v) is 7.11. The smallest absolute Gasteiger partial charge is 0.260 e. The van der Waals surface area contributed by atoms with Crippen molar-refractivity contribution < 1.29 is 9.53 Å². The molecule has 0 radical (unpaired) electrons. The zero-order chi connectivity index (χ0) is 17.1. The number of hydrogen-bond acceptors (Lipinski definition) is 3. The van der Waals surface area contributed by atoms with E-state index in [9.17, 15) is 4.79 Å². The number of fused-ring (bicyclic) bond motifs is 1. The first kappa shape index (κ1) is 16.2. The van der Waals surface area contributed by atoms with Crippen LogP contribution in [0.4, 0.5) is 0 Å². The van der Waals surface area contributed by atoms with Crippen molar-refractivity contribution >= 4 is 5.91 Å². The highest BCUT2D eigenvalue weighted by molar-refractivity contribution is 5.77. The van der Waals surface area contributed by atoms with Gasteiger partial charge in [-0.2, -0.15) is 5.10 Å². The monoisotopic (exact) mass is 339 g/mol. The summed E-state index contributed by atoms with van der Waals surface area (Å²) < 4.78 is 5.78. The maximum atomic E-state index is 12.4. The van der Waals surface area contributed by atoms with Crippen molar-refractivity contribution in [1.29, 1.82) is 0 Å². The number of nitrogens with one attached hydrogen (secondary N) is 1. The topological polar surface area (TPSA) is 58.2 Å². The molecular weight excluding hydrogens is 314 g/mol. The summed E-state index contributed by atoms with van der Waals surface area (Å²) in [6.07, 6.45) is 10.7. The van der Waals surface area contributed by atoms with Crippen LogP contribution in [0, 0.1) is 0 Å². The van der Waals surface area contributed by atoms with Gasteiger partial charge < -0.3 is 9.64 Å². The molecule has 1 aliphatic heterocycles. The lowest BCUT2D eigenvalue weighted by Gasteiger charge is -2.31. The number of H-pyrrole nitrogens is 1. The second-order valence-electron chi connectivity index (χ2n) is 7.11. The Morgan fingerprint density at radius 2 is 2.00 bits per heavy atom. The molecule has 0 atom stereocenters. The van der Waals surface area contributed by atoms with Crippen molar-refractivity contribution in [3.05, 3.63) is 47.3 Å². The maximum Gasteiger partial charge on any atom is 0.260 e. The van der Waals surface area contributed by atoms with Crippen molar-refractivity contribution in [2.75, 3.05) is 19.7 Å². The number of aromatic nitrogens is 2. The Labute approximate surface area is 148 Å². The highest BCUT2D eigenvalue weighted by Gasteiger charge is 2.24. The zero-order valence-electron chi connectivity index (χ0n) is 14.5. The van der Waals surface area contributed by atoms with Crippen molar-refractivity contribution in [2.45, 2.75) is 44.4 Å². The lowest BCUT2D eigenvalue weighted by atomic mass is 9.91. The molecule has 132 valence electrons. The third kappa shape index (κ3) is 3.70. The molecule has 5 heteroatoms. The number of nitrogens with zero attached hydrogens (tertiary/aromatic N) is 2. The van der Waals surface area contributed by atoms with Crippen LogP contribution < -0.4 is 4.74 Å². The molecule has 2 aliphatic rings. The average molecular weight is 339 g/mol. The molecule has 0 spiro atoms. The number of carbonyl (C=O) groups is 1. The molecule has 1 saturated heterocycles. The van der Waals surface area contributed by atoms with Crippen LogP contribution in [-0.2, 0) is 17.6 Å². The van der Waals surface area contributed by atoms with Gasteiger partial charge in [-0.15, -0.1) is 0 Å². The average Bonchev–Trinajstić information content (AvgIpc) is 3.21. The number of amides is 1. The fourth-order valence-electron chi connectivity index (χ4n) is 3.98. The van der Waals surface area contributed by atoms with Gasteiger partial charge >= 0.3 is 0 Å². The molecule has 2 aromatic rings. The molecule has 0 unspecified atom stereocenters. The molecule has 1 fully saturated rings. The molecule has 1 N–H and O–H groups in total. The van der Waals surface area contributed by atoms with Crippen LogP contribution in [-0.4, -0.2) is 40.7 Å². The summed E-state index contributed by atoms with van der Waals surface area (Å²) >= 11 is 0. The van der Waals surface area contributed by atoms with E-state index in [1.54, 1.807) is 0 Å². The van der Waals surface area contributed by atoms with Gasteiger partial charge in [0, 0.05) is 19.3 Å². The molecule has 25 heavy (non-hydrogen) atoms. The third-order valence-electron chi connectivity index (χ3n) is 5.52. The number of likely N-dealkylation sites (tertiary alicyclic amines) is 1. The summed E-state index contributed by atoms with van der Waals surface area (Å²) in [5, 5.41) is 6.89. The number of benzene rings is 1. The molecule has 0 saturated carbocycles. The Bertz CT molecular complexity index is 719. The SMILES string of the molecule is O=C(COc1ccc2c(c1)CCCC2)N1CCC(c2cn[nH]c2)CC1. The first-order valence-electron chi connectivity index (χ1n) is 9.30. The van der Waals surface area contributed by atoms with Crippen molar-refractivity contribution in [2.24, 2.45) is 0 Å². The van der Waals surface area contributed by atoms with E-state index in [2.05, 4.69) is 22.3 Å². The summed E-state index contributed by atoms with van der Waals surface area (Å²) in [5.41, 5.74) is 4.07. The predicted molar refractivity (Wildman–Crippen MR) is 95.7 cm³/mol. The third-order valence-corrected chi connectivity index (χ3v) is 5.52. The molecule has 2 heterocycles. The van der Waals surface area contributed by atoms with Crippen molar-refractivity contribution in [3.8, 4) is 5.75 Å². The zero-order valence-corrected chi connectivity index (χ0v) is 14.5. The fraction of sp³-hybridized carbons (Fsp3) is 0.500. The Kier molecular flexibility index (Phi) is 4.72. The normalized spacial score (nSPS) is 18.0. The minimum absolute atomic E-state index is 0.0864. The molecule has 1 aromatic heterocycles. The Morgan fingerprint density at radius 3 is 2.76 bits per heavy atom. The van der Waals surface area contributed by atoms with Gasteiger partial charge in [0.25, 0.3) is 5.91 Å². The summed E-state index contributed by atoms with van der Waals surface area (Å²) in [6.45, 7) is 1.72. The number of ether oxygens (including phenoxy) is 1. The molecule has 4 rings (SSSR count). The molecular formula is C20H25N3O2. The minimum atomic E-state index is 0.0864. The van der Waals surface area contributed by atoms with Crippen molar-refractivity contribution in [3.63, 3.8) is 0 Å². The first-order valence-corrected chi connectivity index (χ1v) is 9.30. The van der Waals surface area contributed by atoms with Gasteiger partial charge in [-0.3, -0.25) is 9.89 Å². The maximum absolute atomic E-state index is 12.4. The Balaban J connectivity index is 1.28. The predicted octanol–water partition coefficient (Wildman–Crippen LogP) is 3.07. The van der Waals surface area contributed by atoms with Gasteiger partial charge in [0.1, 0.15) is 5.75 Å². The summed E-state index contributed by atoms with van der Waals surface area (Å²) in [6, 6.07) is 6.28. The molecule has 1 amide bonds. The first-order chi connectivity index (χ1) is 12.3. The number of aryl methyl sites for hydroxylation is 2. The molecule has 0 bridgehead atoms. The highest BCUT2D eigenvalue weighted by Crippen LogP contribution is 2.28. The van der Waals surface area contributed by atoms with Gasteiger partial charge in [-0.1, -0.05) is 6.07 Å². The minimum Gasteiger partial charge on any atom is -0.484 e. The van der Waals surface area contributed by atoms with E-state index < -0.39 is 0 Å². The van der Waals surface area contributed by atoms with Gasteiger partial charge in [0.2, 0.25) is 0 Å². The van der Waals surface area contributed by atoms with Gasteiger partial charge in [-0.05, 0) is 73.3 Å². The molecule has 1 aromatic carbocycles. The number of aromatic amines is 1. The van der Waals surface area contributed by atoms with E-state index in [1.807, 2.05) is 23.4 Å². The van der Waals surface area contributed by atoms with Crippen LogP contribution in [0.25, 0.3) is 0 Å². The van der Waals surface area contributed by atoms with E-state index in [1.165, 1.54) is 36.0 Å². The van der Waals surface area contributed by atoms with Crippen LogP contribution >= 0.6 is 0 Å². The van der Waals surface area contributed by atoms with E-state index >= 15 is 0 Å². The molecule has 1 aliphatic carbocycles. The quantitative estimate of drug-likeness (QED) is 0.931. The summed E-state index contributed by atoms with van der Waals surface area (Å²) in [7, 11) is 0. The number of hydrogen-bond donors (Lipinski definition) is 1. The molecule has 5 nitrogen and oxygen atoms in total. The van der Waals surface area contributed by atoms with E-state index in [0.717, 1.165) is 38.1 Å². The van der Waals surface area contributed by atoms with Gasteiger partial charge in [0.15, 0.2) is 6.61 Å². The van der Waals surface area contributed by atoms with Crippen LogP contribution in [0.1, 0.15) is 48.3 Å². The van der Waals surface area contributed by atoms with Gasteiger partial charge in [-0.25, -0.2) is 0 Å². The van der Waals surface area contributed by atoms with E-state index in [0.29, 0.717) is 5.92 Å². The largest absolute Gasteiger partial charge is 0.484 e. The van der Waals surface area contributed by atoms with Crippen LogP contribution in [0.3, 0.4) is 0 Å². The number of carbonyl (C=O) groups excluding carboxylic acids is 1. The Morgan fingerprint density at radius 1 is 1.20 bits per heavy atom. The Hall–Kier alpha value is -2.30. The number of piperidine rings is 1. The summed E-state index contributed by atoms with van der Waals surface area (Å²) in [5.74, 6) is 1.41. The van der Waals surface area contributed by atoms with Crippen LogP contribution in [0.15, 0.2) is 30.6 Å². The fourth-order valence-corrected chi connectivity index (χ4v) is 3.98. The lowest BCUT2D eigenvalue weighted by molar-refractivity contribution is -0.134. The second kappa shape index (κ2) is 7.30. The number of rotatable bonds is 4. The van der Waals surface area contributed by atoms with Crippen molar-refractivity contribution in [1.82, 2.24) is 15.1 Å². The highest BCUT2D eigenvalue weighted by atomic mass is 16.5. The van der Waals surface area contributed by atoms with Crippen LogP contribution in [0.5, 0.6) is 5.75 Å².